The number of methoxy groups -OCH3 is 2. The quantitative estimate of drug-likeness (QED) is 0.337. The third kappa shape index (κ3) is 4.89. The van der Waals surface area contributed by atoms with Crippen molar-refractivity contribution in [2.75, 3.05) is 24.9 Å². The predicted octanol–water partition coefficient (Wildman–Crippen LogP) is 4.81. The van der Waals surface area contributed by atoms with E-state index < -0.39 is 18.0 Å². The lowest BCUT2D eigenvalue weighted by Gasteiger charge is -2.13. The van der Waals surface area contributed by atoms with Gasteiger partial charge in [-0.25, -0.2) is 9.59 Å². The largest absolute Gasteiger partial charge is 0.496 e. The molecule has 0 saturated heterocycles. The Kier molecular flexibility index (Phi) is 6.75. The minimum absolute atomic E-state index is 0.00549. The molecule has 0 unspecified atom stereocenters. The number of nitrogens with one attached hydrogen (secondary N) is 2. The summed E-state index contributed by atoms with van der Waals surface area (Å²) in [7, 11) is 2.77. The number of carboxylic acid groups (broad SMARTS) is 1. The van der Waals surface area contributed by atoms with E-state index in [4.69, 9.17) is 14.5 Å². The fraction of sp³-hybridized carbons (Fsp3) is 0.115. The molecule has 0 aliphatic rings. The van der Waals surface area contributed by atoms with Crippen LogP contribution in [0, 0.1) is 18.3 Å². The van der Waals surface area contributed by atoms with Crippen LogP contribution in [0.1, 0.15) is 32.0 Å². The molecule has 2 amide bonds. The molecule has 1 aromatic heterocycles. The van der Waals surface area contributed by atoms with E-state index in [0.29, 0.717) is 22.4 Å². The molecule has 11 nitrogen and oxygen atoms in total. The summed E-state index contributed by atoms with van der Waals surface area (Å²) in [4.78, 5) is 36.3. The number of aromatic nitrogens is 1. The van der Waals surface area contributed by atoms with Gasteiger partial charge in [0.05, 0.1) is 42.5 Å². The third-order valence-corrected chi connectivity index (χ3v) is 5.58. The first-order valence-corrected chi connectivity index (χ1v) is 10.8. The van der Waals surface area contributed by atoms with Gasteiger partial charge in [-0.15, -0.1) is 0 Å². The zero-order valence-corrected chi connectivity index (χ0v) is 19.9. The summed E-state index contributed by atoms with van der Waals surface area (Å²) < 4.78 is 15.5. The second-order valence-electron chi connectivity index (χ2n) is 7.86. The summed E-state index contributed by atoms with van der Waals surface area (Å²) in [6.07, 6.45) is -0.598. The highest BCUT2D eigenvalue weighted by atomic mass is 16.5. The van der Waals surface area contributed by atoms with E-state index in [-0.39, 0.29) is 28.1 Å². The van der Waals surface area contributed by atoms with Crippen molar-refractivity contribution in [1.82, 2.24) is 5.16 Å². The van der Waals surface area contributed by atoms with Gasteiger partial charge in [-0.05, 0) is 54.4 Å². The number of amides is 2. The van der Waals surface area contributed by atoms with Gasteiger partial charge < -0.3 is 24.4 Å². The van der Waals surface area contributed by atoms with E-state index in [9.17, 15) is 19.5 Å². The molecule has 3 aromatic carbocycles. The lowest BCUT2D eigenvalue weighted by molar-refractivity contribution is 0.0698. The average Bonchev–Trinajstić information content (AvgIpc) is 3.31. The van der Waals surface area contributed by atoms with Crippen molar-refractivity contribution in [3.05, 3.63) is 70.9 Å². The monoisotopic (exact) mass is 500 g/mol. The number of nitriles is 1. The number of hydrogen-bond donors (Lipinski definition) is 3. The number of aromatic carboxylic acids is 1. The van der Waals surface area contributed by atoms with Crippen LogP contribution in [-0.2, 0) is 4.74 Å². The molecule has 186 valence electrons. The van der Waals surface area contributed by atoms with Crippen molar-refractivity contribution in [3.8, 4) is 22.9 Å². The number of benzene rings is 3. The van der Waals surface area contributed by atoms with E-state index in [1.54, 1.807) is 30.3 Å². The fourth-order valence-electron chi connectivity index (χ4n) is 3.80. The highest BCUT2D eigenvalue weighted by Gasteiger charge is 2.22. The molecule has 0 aliphatic carbocycles. The van der Waals surface area contributed by atoms with Gasteiger partial charge in [0.25, 0.3) is 5.91 Å². The first-order chi connectivity index (χ1) is 17.7. The van der Waals surface area contributed by atoms with Crippen LogP contribution in [0.5, 0.6) is 5.75 Å². The summed E-state index contributed by atoms with van der Waals surface area (Å²) in [6, 6.07) is 14.3. The standard InChI is InChI=1S/C26H20N4O7/c1-13-8-15(28-26(34)36-3)5-6-16(13)17-10-19-22(11-21(17)35-2)37-30-23(19)24(31)29-20-7-4-14(12-27)9-18(20)25(32)33/h4-11H,1-3H3,(H,28,34)(H,29,31)(H,32,33). The van der Waals surface area contributed by atoms with Gasteiger partial charge in [-0.2, -0.15) is 5.26 Å². The molecule has 3 N–H and O–H groups in total. The number of carbonyl (C=O) groups excluding carboxylic acids is 2. The van der Waals surface area contributed by atoms with E-state index in [0.717, 1.165) is 11.1 Å². The number of carboxylic acids is 1. The molecule has 0 atom stereocenters. The number of hydrogen-bond acceptors (Lipinski definition) is 8. The van der Waals surface area contributed by atoms with Crippen LogP contribution in [0.15, 0.2) is 53.1 Å². The molecular weight excluding hydrogens is 480 g/mol. The smallest absolute Gasteiger partial charge is 0.411 e. The Morgan fingerprint density at radius 1 is 1.03 bits per heavy atom. The van der Waals surface area contributed by atoms with Gasteiger partial charge in [0.2, 0.25) is 0 Å². The van der Waals surface area contributed by atoms with Gasteiger partial charge in [0, 0.05) is 17.3 Å². The Morgan fingerprint density at radius 2 is 1.81 bits per heavy atom. The van der Waals surface area contributed by atoms with Crippen LogP contribution in [-0.4, -0.2) is 42.5 Å². The third-order valence-electron chi connectivity index (χ3n) is 5.58. The van der Waals surface area contributed by atoms with Crippen molar-refractivity contribution in [3.63, 3.8) is 0 Å². The second kappa shape index (κ2) is 10.1. The van der Waals surface area contributed by atoms with E-state index >= 15 is 0 Å². The van der Waals surface area contributed by atoms with Gasteiger partial charge in [-0.1, -0.05) is 11.2 Å². The molecule has 0 spiro atoms. The van der Waals surface area contributed by atoms with Crippen molar-refractivity contribution in [1.29, 1.82) is 5.26 Å². The molecule has 37 heavy (non-hydrogen) atoms. The number of carbonyl (C=O) groups is 3. The van der Waals surface area contributed by atoms with Gasteiger partial charge >= 0.3 is 12.1 Å². The summed E-state index contributed by atoms with van der Waals surface area (Å²) in [5.41, 5.74) is 2.87. The first kappa shape index (κ1) is 24.7. The van der Waals surface area contributed by atoms with Crippen molar-refractivity contribution < 1.29 is 33.5 Å². The number of nitrogens with zero attached hydrogens (tertiary/aromatic N) is 2. The Balaban J connectivity index is 1.74. The number of anilines is 2. The second-order valence-corrected chi connectivity index (χ2v) is 7.86. The SMILES string of the molecule is COC(=O)Nc1ccc(-c2cc3c(C(=O)Nc4ccc(C#N)cc4C(=O)O)noc3cc2OC)c(C)c1. The van der Waals surface area contributed by atoms with Crippen LogP contribution in [0.4, 0.5) is 16.2 Å². The van der Waals surface area contributed by atoms with E-state index in [1.165, 1.54) is 32.4 Å². The predicted molar refractivity (Wildman–Crippen MR) is 133 cm³/mol. The molecule has 0 aliphatic heterocycles. The number of fused-ring (bicyclic) bond motifs is 1. The molecule has 1 heterocycles. The molecule has 4 aromatic rings. The number of aryl methyl sites for hydroxylation is 1. The maximum atomic E-state index is 13.1. The van der Waals surface area contributed by atoms with Crippen LogP contribution in [0.25, 0.3) is 22.1 Å². The highest BCUT2D eigenvalue weighted by molar-refractivity contribution is 6.13. The van der Waals surface area contributed by atoms with Gasteiger partial charge in [0.15, 0.2) is 11.3 Å². The molecule has 0 bridgehead atoms. The van der Waals surface area contributed by atoms with Crippen molar-refractivity contribution in [2.45, 2.75) is 6.92 Å². The highest BCUT2D eigenvalue weighted by Crippen LogP contribution is 2.38. The van der Waals surface area contributed by atoms with Crippen LogP contribution >= 0.6 is 0 Å². The summed E-state index contributed by atoms with van der Waals surface area (Å²) in [5.74, 6) is -1.53. The minimum Gasteiger partial charge on any atom is -0.496 e. The zero-order valence-electron chi connectivity index (χ0n) is 19.9. The van der Waals surface area contributed by atoms with Crippen LogP contribution in [0.3, 0.4) is 0 Å². The van der Waals surface area contributed by atoms with E-state index in [1.807, 2.05) is 13.0 Å². The summed E-state index contributed by atoms with van der Waals surface area (Å²) in [5, 5.41) is 27.9. The first-order valence-electron chi connectivity index (χ1n) is 10.8. The molecule has 0 saturated carbocycles. The van der Waals surface area contributed by atoms with Gasteiger partial charge in [-0.3, -0.25) is 10.1 Å². The molecular formula is C26H20N4O7. The molecule has 0 fully saturated rings. The maximum absolute atomic E-state index is 13.1. The lowest BCUT2D eigenvalue weighted by atomic mass is 9.97. The molecule has 4 rings (SSSR count). The number of rotatable bonds is 6. The fourth-order valence-corrected chi connectivity index (χ4v) is 3.80. The Labute approximate surface area is 210 Å². The van der Waals surface area contributed by atoms with Crippen LogP contribution < -0.4 is 15.4 Å². The Morgan fingerprint density at radius 3 is 2.46 bits per heavy atom. The zero-order chi connectivity index (χ0) is 26.7. The summed E-state index contributed by atoms with van der Waals surface area (Å²) >= 11 is 0. The van der Waals surface area contributed by atoms with Gasteiger partial charge in [0.1, 0.15) is 5.75 Å². The Bertz CT molecular complexity index is 1600. The van der Waals surface area contributed by atoms with Crippen molar-refractivity contribution >= 4 is 40.3 Å². The van der Waals surface area contributed by atoms with E-state index in [2.05, 4.69) is 20.5 Å². The number of ether oxygens (including phenoxy) is 2. The minimum atomic E-state index is -1.30. The average molecular weight is 500 g/mol. The topological polar surface area (TPSA) is 164 Å². The van der Waals surface area contributed by atoms with Crippen molar-refractivity contribution in [2.24, 2.45) is 0 Å². The molecule has 11 heteroatoms. The Hall–Kier alpha value is -5.37. The normalized spacial score (nSPS) is 10.4. The lowest BCUT2D eigenvalue weighted by Crippen LogP contribution is -2.15. The molecule has 0 radical (unpaired) electrons. The van der Waals surface area contributed by atoms with Crippen LogP contribution in [0.2, 0.25) is 0 Å². The maximum Gasteiger partial charge on any atom is 0.411 e. The summed E-state index contributed by atoms with van der Waals surface area (Å²) in [6.45, 7) is 1.85.